The average molecular weight is 587 g/mol. The van der Waals surface area contributed by atoms with Gasteiger partial charge >= 0.3 is 0 Å². The molecule has 14 N–H and O–H groups in total. The van der Waals surface area contributed by atoms with Gasteiger partial charge in [0, 0.05) is 26.2 Å². The van der Waals surface area contributed by atoms with Crippen molar-refractivity contribution in [3.8, 4) is 0 Å². The zero-order valence-corrected chi connectivity index (χ0v) is 24.9. The summed E-state index contributed by atoms with van der Waals surface area (Å²) in [6.45, 7) is 5.15. The highest BCUT2D eigenvalue weighted by atomic mass is 16.2. The molecule has 0 saturated carbocycles. The van der Waals surface area contributed by atoms with E-state index in [9.17, 15) is 19.2 Å². The number of carbonyl (C=O) groups is 4. The highest BCUT2D eigenvalue weighted by Crippen LogP contribution is 1.98. The maximum absolute atomic E-state index is 12.7. The van der Waals surface area contributed by atoms with E-state index in [1.54, 1.807) is 0 Å². The first kappa shape index (κ1) is 38.6. The Morgan fingerprint density at radius 2 is 0.732 bits per heavy atom. The van der Waals surface area contributed by atoms with Crippen LogP contribution in [-0.2, 0) is 19.2 Å². The average Bonchev–Trinajstić information content (AvgIpc) is 2.96. The van der Waals surface area contributed by atoms with E-state index in [0.717, 1.165) is 51.4 Å². The van der Waals surface area contributed by atoms with Gasteiger partial charge in [0.15, 0.2) is 0 Å². The fraction of sp³-hybridized carbons (Fsp3) is 0.852. The van der Waals surface area contributed by atoms with Crippen molar-refractivity contribution >= 4 is 23.6 Å². The van der Waals surface area contributed by atoms with Crippen molar-refractivity contribution < 1.29 is 19.2 Å². The number of unbranched alkanes of at least 4 members (excludes halogenated alkanes) is 4. The summed E-state index contributed by atoms with van der Waals surface area (Å²) in [5.74, 6) is -0.918. The molecule has 4 amide bonds. The SMILES string of the molecule is NCCCCNC(=O)CC(NCCCNC(=O)CC(NCCCCN)C(=O)NCCCCN)C(=O)NCCCCN. The molecule has 0 spiro atoms. The molecule has 2 unspecified atom stereocenters. The number of hydrogen-bond acceptors (Lipinski definition) is 10. The van der Waals surface area contributed by atoms with Crippen LogP contribution in [0.3, 0.4) is 0 Å². The molecular formula is C27H58N10O4. The second-order valence-corrected chi connectivity index (χ2v) is 10.0. The minimum Gasteiger partial charge on any atom is -0.356 e. The van der Waals surface area contributed by atoms with Crippen molar-refractivity contribution in [1.82, 2.24) is 31.9 Å². The predicted molar refractivity (Wildman–Crippen MR) is 163 cm³/mol. The van der Waals surface area contributed by atoms with Crippen LogP contribution in [0.2, 0.25) is 0 Å². The van der Waals surface area contributed by atoms with Gasteiger partial charge in [-0.15, -0.1) is 0 Å². The molecule has 240 valence electrons. The molecule has 0 aromatic rings. The van der Waals surface area contributed by atoms with E-state index in [4.69, 9.17) is 22.9 Å². The molecule has 14 heteroatoms. The molecule has 0 bridgehead atoms. The Labute approximate surface area is 246 Å². The van der Waals surface area contributed by atoms with Crippen LogP contribution in [0.1, 0.15) is 70.6 Å². The third-order valence-electron chi connectivity index (χ3n) is 6.31. The molecule has 0 rings (SSSR count). The molecule has 0 heterocycles. The van der Waals surface area contributed by atoms with Crippen molar-refractivity contribution in [2.75, 3.05) is 65.4 Å². The van der Waals surface area contributed by atoms with E-state index in [2.05, 4.69) is 31.9 Å². The lowest BCUT2D eigenvalue weighted by Crippen LogP contribution is -2.48. The first-order valence-electron chi connectivity index (χ1n) is 15.2. The van der Waals surface area contributed by atoms with Crippen LogP contribution < -0.4 is 54.8 Å². The van der Waals surface area contributed by atoms with Crippen molar-refractivity contribution in [3.05, 3.63) is 0 Å². The van der Waals surface area contributed by atoms with Crippen LogP contribution in [0.5, 0.6) is 0 Å². The molecule has 2 atom stereocenters. The van der Waals surface area contributed by atoms with Crippen LogP contribution in [0.15, 0.2) is 0 Å². The molecule has 0 aromatic carbocycles. The van der Waals surface area contributed by atoms with Crippen LogP contribution in [-0.4, -0.2) is 101 Å². The summed E-state index contributed by atoms with van der Waals surface area (Å²) in [6.07, 6.45) is 6.98. The lowest BCUT2D eigenvalue weighted by molar-refractivity contribution is -0.128. The molecule has 14 nitrogen and oxygen atoms in total. The Morgan fingerprint density at radius 1 is 0.415 bits per heavy atom. The van der Waals surface area contributed by atoms with Gasteiger partial charge in [-0.3, -0.25) is 19.2 Å². The predicted octanol–water partition coefficient (Wildman–Crippen LogP) is -2.51. The van der Waals surface area contributed by atoms with E-state index in [1.807, 2.05) is 0 Å². The van der Waals surface area contributed by atoms with Gasteiger partial charge < -0.3 is 54.8 Å². The normalized spacial score (nSPS) is 12.4. The number of amides is 4. The van der Waals surface area contributed by atoms with Gasteiger partial charge in [-0.1, -0.05) is 0 Å². The fourth-order valence-corrected chi connectivity index (χ4v) is 3.87. The lowest BCUT2D eigenvalue weighted by atomic mass is 10.1. The highest BCUT2D eigenvalue weighted by molar-refractivity contribution is 5.89. The molecule has 0 aliphatic carbocycles. The topological polar surface area (TPSA) is 245 Å². The van der Waals surface area contributed by atoms with E-state index in [0.29, 0.717) is 71.9 Å². The second-order valence-electron chi connectivity index (χ2n) is 10.0. The van der Waals surface area contributed by atoms with Gasteiger partial charge in [0.05, 0.1) is 24.9 Å². The van der Waals surface area contributed by atoms with Crippen LogP contribution in [0.25, 0.3) is 0 Å². The zero-order valence-electron chi connectivity index (χ0n) is 24.9. The third kappa shape index (κ3) is 23.0. The number of rotatable bonds is 28. The van der Waals surface area contributed by atoms with Crippen molar-refractivity contribution in [2.45, 2.75) is 82.7 Å². The maximum atomic E-state index is 12.7. The molecule has 0 radical (unpaired) electrons. The lowest BCUT2D eigenvalue weighted by Gasteiger charge is -2.19. The van der Waals surface area contributed by atoms with Crippen LogP contribution >= 0.6 is 0 Å². The number of nitrogens with one attached hydrogen (secondary N) is 6. The fourth-order valence-electron chi connectivity index (χ4n) is 3.87. The number of carbonyl (C=O) groups excluding carboxylic acids is 4. The van der Waals surface area contributed by atoms with Crippen LogP contribution in [0.4, 0.5) is 0 Å². The molecule has 0 fully saturated rings. The summed E-state index contributed by atoms with van der Waals surface area (Å²) in [7, 11) is 0. The van der Waals surface area contributed by atoms with Crippen molar-refractivity contribution in [3.63, 3.8) is 0 Å². The number of hydrogen-bond donors (Lipinski definition) is 10. The molecule has 0 aliphatic heterocycles. The summed E-state index contributed by atoms with van der Waals surface area (Å²) in [5.41, 5.74) is 22.0. The van der Waals surface area contributed by atoms with E-state index in [1.165, 1.54) is 0 Å². The van der Waals surface area contributed by atoms with E-state index >= 15 is 0 Å². The van der Waals surface area contributed by atoms with Gasteiger partial charge in [0.25, 0.3) is 0 Å². The molecule has 0 aliphatic rings. The van der Waals surface area contributed by atoms with Gasteiger partial charge in [0.2, 0.25) is 23.6 Å². The largest absolute Gasteiger partial charge is 0.356 e. The van der Waals surface area contributed by atoms with Gasteiger partial charge in [-0.25, -0.2) is 0 Å². The maximum Gasteiger partial charge on any atom is 0.237 e. The summed E-state index contributed by atoms with van der Waals surface area (Å²) in [5, 5.41) is 17.7. The minimum atomic E-state index is -0.692. The highest BCUT2D eigenvalue weighted by Gasteiger charge is 2.22. The Morgan fingerprint density at radius 3 is 1.12 bits per heavy atom. The summed E-state index contributed by atoms with van der Waals surface area (Å²) < 4.78 is 0. The Balaban J connectivity index is 4.67. The Hall–Kier alpha value is -2.36. The summed E-state index contributed by atoms with van der Waals surface area (Å²) in [6, 6.07) is -1.33. The monoisotopic (exact) mass is 586 g/mol. The van der Waals surface area contributed by atoms with Gasteiger partial charge in [-0.05, 0) is 97.1 Å². The first-order valence-corrected chi connectivity index (χ1v) is 15.2. The molecule has 0 aromatic heterocycles. The second kappa shape index (κ2) is 27.8. The van der Waals surface area contributed by atoms with Gasteiger partial charge in [-0.2, -0.15) is 0 Å². The minimum absolute atomic E-state index is 0.00953. The standard InChI is InChI=1S/C27H58N10O4/c28-10-1-5-14-32-22(26(40)36-16-7-3-12-30)20-25(39)35-19-9-18-33-23(27(41)37-17-8-4-13-31)21-24(38)34-15-6-2-11-29/h22-23,32-33H,1-21,28-31H2,(H,34,38)(H,35,39)(H,36,40)(H,37,41). The van der Waals surface area contributed by atoms with E-state index < -0.39 is 12.1 Å². The van der Waals surface area contributed by atoms with Crippen LogP contribution in [0, 0.1) is 0 Å². The van der Waals surface area contributed by atoms with Crippen molar-refractivity contribution in [2.24, 2.45) is 22.9 Å². The van der Waals surface area contributed by atoms with Gasteiger partial charge in [0.1, 0.15) is 0 Å². The molecular weight excluding hydrogens is 528 g/mol. The summed E-state index contributed by atoms with van der Waals surface area (Å²) >= 11 is 0. The first-order chi connectivity index (χ1) is 19.9. The zero-order chi connectivity index (χ0) is 30.6. The third-order valence-corrected chi connectivity index (χ3v) is 6.31. The Bertz CT molecular complexity index is 699. The molecule has 41 heavy (non-hydrogen) atoms. The van der Waals surface area contributed by atoms with Crippen molar-refractivity contribution in [1.29, 1.82) is 0 Å². The quantitative estimate of drug-likeness (QED) is 0.0432. The number of nitrogens with two attached hydrogens (primary N) is 4. The van der Waals surface area contributed by atoms with E-state index in [-0.39, 0.29) is 36.5 Å². The Kier molecular flexibility index (Phi) is 26.2. The molecule has 0 saturated heterocycles. The smallest absolute Gasteiger partial charge is 0.237 e. The summed E-state index contributed by atoms with van der Waals surface area (Å²) in [4.78, 5) is 50.2.